The van der Waals surface area contributed by atoms with Crippen LogP contribution in [0.15, 0.2) is 60.9 Å². The van der Waals surface area contributed by atoms with Gasteiger partial charge < -0.3 is 5.32 Å². The lowest BCUT2D eigenvalue weighted by atomic mass is 9.95. The van der Waals surface area contributed by atoms with Gasteiger partial charge >= 0.3 is 0 Å². The van der Waals surface area contributed by atoms with E-state index in [4.69, 9.17) is 0 Å². The fourth-order valence-corrected chi connectivity index (χ4v) is 2.95. The third-order valence-corrected chi connectivity index (χ3v) is 4.31. The molecule has 26 heavy (non-hydrogen) atoms. The van der Waals surface area contributed by atoms with E-state index in [1.54, 1.807) is 12.4 Å². The smallest absolute Gasteiger partial charge is 0.257 e. The highest BCUT2D eigenvalue weighted by Crippen LogP contribution is 2.23. The number of amides is 1. The van der Waals surface area contributed by atoms with Crippen LogP contribution in [0.25, 0.3) is 0 Å². The summed E-state index contributed by atoms with van der Waals surface area (Å²) in [6.07, 6.45) is 4.18. The zero-order chi connectivity index (χ0) is 18.5. The maximum Gasteiger partial charge on any atom is 0.257 e. The molecule has 1 aromatic carbocycles. The molecule has 3 aromatic rings. The number of carbonyl (C=O) groups excluding carboxylic acids is 1. The fourth-order valence-electron chi connectivity index (χ4n) is 2.95. The number of anilines is 1. The molecule has 0 radical (unpaired) electrons. The summed E-state index contributed by atoms with van der Waals surface area (Å²) in [5, 5.41) is 2.96. The summed E-state index contributed by atoms with van der Waals surface area (Å²) in [6.45, 7) is 6.10. The second-order valence-corrected chi connectivity index (χ2v) is 6.71. The Labute approximate surface area is 154 Å². The van der Waals surface area contributed by atoms with Crippen molar-refractivity contribution in [1.29, 1.82) is 0 Å². The molecule has 0 aliphatic rings. The molecule has 0 saturated heterocycles. The Bertz CT molecular complexity index is 921. The molecule has 132 valence electrons. The predicted molar refractivity (Wildman–Crippen MR) is 104 cm³/mol. The molecule has 0 unspecified atom stereocenters. The molecule has 2 heterocycles. The van der Waals surface area contributed by atoms with E-state index in [0.29, 0.717) is 11.5 Å². The van der Waals surface area contributed by atoms with Gasteiger partial charge in [0.2, 0.25) is 0 Å². The van der Waals surface area contributed by atoms with Crippen molar-refractivity contribution in [3.63, 3.8) is 0 Å². The molecule has 4 heteroatoms. The minimum absolute atomic E-state index is 0.147. The van der Waals surface area contributed by atoms with Gasteiger partial charge in [-0.15, -0.1) is 0 Å². The van der Waals surface area contributed by atoms with Gasteiger partial charge in [-0.3, -0.25) is 14.8 Å². The average Bonchev–Trinajstić information content (AvgIpc) is 2.62. The summed E-state index contributed by atoms with van der Waals surface area (Å²) in [5.41, 5.74) is 5.60. The van der Waals surface area contributed by atoms with Crippen molar-refractivity contribution in [2.75, 3.05) is 5.32 Å². The quantitative estimate of drug-likeness (QED) is 0.730. The van der Waals surface area contributed by atoms with Crippen molar-refractivity contribution < 1.29 is 4.79 Å². The van der Waals surface area contributed by atoms with E-state index in [9.17, 15) is 4.79 Å². The SMILES string of the molecule is Cc1cncc(C(=O)Nc2cccc([C@H](C)Cc3cccc(C)n3)c2)c1. The van der Waals surface area contributed by atoms with Crippen LogP contribution in [0.5, 0.6) is 0 Å². The van der Waals surface area contributed by atoms with Crippen molar-refractivity contribution in [3.8, 4) is 0 Å². The summed E-state index contributed by atoms with van der Waals surface area (Å²) in [7, 11) is 0. The highest BCUT2D eigenvalue weighted by atomic mass is 16.1. The van der Waals surface area contributed by atoms with Crippen molar-refractivity contribution in [3.05, 3.63) is 89.0 Å². The number of hydrogen-bond donors (Lipinski definition) is 1. The van der Waals surface area contributed by atoms with Gasteiger partial charge in [0.1, 0.15) is 0 Å². The van der Waals surface area contributed by atoms with Gasteiger partial charge in [0.25, 0.3) is 5.91 Å². The first kappa shape index (κ1) is 17.8. The summed E-state index contributed by atoms with van der Waals surface area (Å²) in [6, 6.07) is 15.9. The van der Waals surface area contributed by atoms with Crippen LogP contribution >= 0.6 is 0 Å². The predicted octanol–water partition coefficient (Wildman–Crippen LogP) is 4.69. The number of rotatable bonds is 5. The minimum atomic E-state index is -0.147. The van der Waals surface area contributed by atoms with Crippen LogP contribution in [-0.4, -0.2) is 15.9 Å². The first-order chi connectivity index (χ1) is 12.5. The number of aryl methyl sites for hydroxylation is 2. The highest BCUT2D eigenvalue weighted by Gasteiger charge is 2.11. The van der Waals surface area contributed by atoms with E-state index >= 15 is 0 Å². The molecular formula is C22H23N3O. The molecule has 0 fully saturated rings. The summed E-state index contributed by atoms with van der Waals surface area (Å²) in [4.78, 5) is 21.1. The van der Waals surface area contributed by atoms with E-state index in [2.05, 4.69) is 34.3 Å². The van der Waals surface area contributed by atoms with E-state index in [1.807, 2.05) is 50.2 Å². The molecule has 1 amide bonds. The molecule has 1 N–H and O–H groups in total. The van der Waals surface area contributed by atoms with Crippen LogP contribution in [0, 0.1) is 13.8 Å². The highest BCUT2D eigenvalue weighted by molar-refractivity contribution is 6.04. The Morgan fingerprint density at radius 1 is 1.08 bits per heavy atom. The Balaban J connectivity index is 1.72. The number of nitrogens with zero attached hydrogens (tertiary/aromatic N) is 2. The number of hydrogen-bond acceptors (Lipinski definition) is 3. The zero-order valence-electron chi connectivity index (χ0n) is 15.4. The zero-order valence-corrected chi connectivity index (χ0v) is 15.4. The monoisotopic (exact) mass is 345 g/mol. The van der Waals surface area contributed by atoms with Gasteiger partial charge in [0, 0.05) is 29.5 Å². The standard InChI is InChI=1S/C22H23N3O/c1-15-10-19(14-23-13-15)22(26)25-21-9-5-7-18(12-21)16(2)11-20-8-4-6-17(3)24-20/h4-10,12-14,16H,11H2,1-3H3,(H,25,26)/t16-/m1/s1. The van der Waals surface area contributed by atoms with Gasteiger partial charge in [0.15, 0.2) is 0 Å². The Hall–Kier alpha value is -3.01. The lowest BCUT2D eigenvalue weighted by Crippen LogP contribution is -2.12. The lowest BCUT2D eigenvalue weighted by molar-refractivity contribution is 0.102. The lowest BCUT2D eigenvalue weighted by Gasteiger charge is -2.14. The van der Waals surface area contributed by atoms with Crippen molar-refractivity contribution in [2.24, 2.45) is 0 Å². The fraction of sp³-hybridized carbons (Fsp3) is 0.227. The van der Waals surface area contributed by atoms with E-state index in [-0.39, 0.29) is 5.91 Å². The molecule has 4 nitrogen and oxygen atoms in total. The number of aromatic nitrogens is 2. The number of pyridine rings is 2. The second-order valence-electron chi connectivity index (χ2n) is 6.71. The topological polar surface area (TPSA) is 54.9 Å². The molecule has 0 spiro atoms. The molecular weight excluding hydrogens is 322 g/mol. The van der Waals surface area contributed by atoms with Gasteiger partial charge in [-0.25, -0.2) is 0 Å². The normalized spacial score (nSPS) is 11.8. The summed E-state index contributed by atoms with van der Waals surface area (Å²) < 4.78 is 0. The molecule has 2 aromatic heterocycles. The third-order valence-electron chi connectivity index (χ3n) is 4.31. The van der Waals surface area contributed by atoms with Crippen LogP contribution in [0.1, 0.15) is 45.7 Å². The molecule has 0 bridgehead atoms. The van der Waals surface area contributed by atoms with Gasteiger partial charge in [0.05, 0.1) is 5.56 Å². The molecule has 0 aliphatic carbocycles. The summed E-state index contributed by atoms with van der Waals surface area (Å²) >= 11 is 0. The Morgan fingerprint density at radius 2 is 1.88 bits per heavy atom. The van der Waals surface area contributed by atoms with Crippen LogP contribution in [0.2, 0.25) is 0 Å². The molecule has 0 saturated carbocycles. The van der Waals surface area contributed by atoms with Crippen LogP contribution in [0.3, 0.4) is 0 Å². The number of benzene rings is 1. The Kier molecular flexibility index (Phi) is 5.42. The first-order valence-electron chi connectivity index (χ1n) is 8.77. The maximum atomic E-state index is 12.4. The molecule has 0 aliphatic heterocycles. The molecule has 3 rings (SSSR count). The van der Waals surface area contributed by atoms with E-state index in [1.165, 1.54) is 5.56 Å². The summed E-state index contributed by atoms with van der Waals surface area (Å²) in [5.74, 6) is 0.160. The van der Waals surface area contributed by atoms with Gasteiger partial charge in [-0.05, 0) is 67.6 Å². The van der Waals surface area contributed by atoms with Crippen molar-refractivity contribution >= 4 is 11.6 Å². The van der Waals surface area contributed by atoms with Gasteiger partial charge in [-0.2, -0.15) is 0 Å². The second kappa shape index (κ2) is 7.91. The molecule has 1 atom stereocenters. The largest absolute Gasteiger partial charge is 0.322 e. The third kappa shape index (κ3) is 4.54. The maximum absolute atomic E-state index is 12.4. The van der Waals surface area contributed by atoms with Crippen LogP contribution in [0.4, 0.5) is 5.69 Å². The van der Waals surface area contributed by atoms with Crippen LogP contribution in [-0.2, 0) is 6.42 Å². The van der Waals surface area contributed by atoms with Crippen molar-refractivity contribution in [2.45, 2.75) is 33.1 Å². The van der Waals surface area contributed by atoms with E-state index < -0.39 is 0 Å². The van der Waals surface area contributed by atoms with Gasteiger partial charge in [-0.1, -0.05) is 25.1 Å². The van der Waals surface area contributed by atoms with Crippen LogP contribution < -0.4 is 5.32 Å². The average molecular weight is 345 g/mol. The minimum Gasteiger partial charge on any atom is -0.322 e. The first-order valence-corrected chi connectivity index (χ1v) is 8.77. The van der Waals surface area contributed by atoms with Crippen molar-refractivity contribution in [1.82, 2.24) is 9.97 Å². The van der Waals surface area contributed by atoms with E-state index in [0.717, 1.165) is 29.1 Å². The Morgan fingerprint density at radius 3 is 2.65 bits per heavy atom. The number of carbonyl (C=O) groups is 1. The number of nitrogens with one attached hydrogen (secondary N) is 1.